The maximum absolute atomic E-state index is 5.48. The lowest BCUT2D eigenvalue weighted by Crippen LogP contribution is -2.11. The summed E-state index contributed by atoms with van der Waals surface area (Å²) in [6, 6.07) is 9.54. The highest BCUT2D eigenvalue weighted by Gasteiger charge is 2.23. The topological polar surface area (TPSA) is 73.6 Å². The zero-order valence-electron chi connectivity index (χ0n) is 13.7. The van der Waals surface area contributed by atoms with Gasteiger partial charge in [-0.2, -0.15) is 9.61 Å². The van der Waals surface area contributed by atoms with Gasteiger partial charge in [-0.05, 0) is 43.3 Å². The van der Waals surface area contributed by atoms with Gasteiger partial charge in [0, 0.05) is 18.0 Å². The predicted molar refractivity (Wildman–Crippen MR) is 89.5 cm³/mol. The standard InChI is InChI=1S/C17H19N5O2/c1-23-12-3-5-15(24-2)13(9-12)14-4-6-16-19-20-17(22(16)21-14)11-7-8-18-10-11/h3-6,9,11,18H,7-8,10H2,1-2H3/t11-/m0/s1. The van der Waals surface area contributed by atoms with E-state index in [4.69, 9.17) is 14.6 Å². The zero-order chi connectivity index (χ0) is 16.5. The lowest BCUT2D eigenvalue weighted by atomic mass is 10.1. The molecular weight excluding hydrogens is 306 g/mol. The van der Waals surface area contributed by atoms with Crippen molar-refractivity contribution in [2.75, 3.05) is 27.3 Å². The fourth-order valence-corrected chi connectivity index (χ4v) is 3.09. The number of ether oxygens (including phenoxy) is 2. The molecule has 0 spiro atoms. The molecule has 3 heterocycles. The molecule has 2 aromatic heterocycles. The smallest absolute Gasteiger partial charge is 0.177 e. The molecule has 1 saturated heterocycles. The Morgan fingerprint density at radius 1 is 1.12 bits per heavy atom. The van der Waals surface area contributed by atoms with Crippen LogP contribution in [-0.4, -0.2) is 47.1 Å². The van der Waals surface area contributed by atoms with Crippen molar-refractivity contribution in [1.29, 1.82) is 0 Å². The third-order valence-corrected chi connectivity index (χ3v) is 4.39. The van der Waals surface area contributed by atoms with Crippen LogP contribution in [0.4, 0.5) is 0 Å². The number of aromatic nitrogens is 4. The molecule has 1 N–H and O–H groups in total. The fourth-order valence-electron chi connectivity index (χ4n) is 3.09. The Morgan fingerprint density at radius 2 is 2.04 bits per heavy atom. The first-order valence-electron chi connectivity index (χ1n) is 7.95. The van der Waals surface area contributed by atoms with Crippen molar-refractivity contribution in [3.63, 3.8) is 0 Å². The largest absolute Gasteiger partial charge is 0.497 e. The first-order chi connectivity index (χ1) is 11.8. The molecule has 1 aromatic carbocycles. The average molecular weight is 325 g/mol. The quantitative estimate of drug-likeness (QED) is 0.789. The van der Waals surface area contributed by atoms with E-state index in [0.29, 0.717) is 5.92 Å². The second kappa shape index (κ2) is 6.09. The molecule has 1 aliphatic rings. The molecule has 0 bridgehead atoms. The minimum absolute atomic E-state index is 0.343. The van der Waals surface area contributed by atoms with Crippen molar-refractivity contribution in [2.24, 2.45) is 0 Å². The third kappa shape index (κ3) is 2.46. The minimum atomic E-state index is 0.343. The Hall–Kier alpha value is -2.67. The van der Waals surface area contributed by atoms with Gasteiger partial charge in [-0.15, -0.1) is 10.2 Å². The summed E-state index contributed by atoms with van der Waals surface area (Å²) in [4.78, 5) is 0. The number of nitrogens with one attached hydrogen (secondary N) is 1. The van der Waals surface area contributed by atoms with Crippen LogP contribution in [0, 0.1) is 0 Å². The molecule has 0 saturated carbocycles. The summed E-state index contributed by atoms with van der Waals surface area (Å²) in [5.74, 6) is 2.75. The average Bonchev–Trinajstić information content (AvgIpc) is 3.29. The second-order valence-electron chi connectivity index (χ2n) is 5.80. The van der Waals surface area contributed by atoms with Gasteiger partial charge in [0.15, 0.2) is 11.5 Å². The van der Waals surface area contributed by atoms with Crippen LogP contribution in [0.15, 0.2) is 30.3 Å². The monoisotopic (exact) mass is 325 g/mol. The van der Waals surface area contributed by atoms with Crippen molar-refractivity contribution < 1.29 is 9.47 Å². The predicted octanol–water partition coefficient (Wildman–Crippen LogP) is 1.89. The highest BCUT2D eigenvalue weighted by molar-refractivity contribution is 5.69. The van der Waals surface area contributed by atoms with Crippen LogP contribution in [-0.2, 0) is 0 Å². The van der Waals surface area contributed by atoms with Gasteiger partial charge in [0.05, 0.1) is 19.9 Å². The molecule has 7 heteroatoms. The highest BCUT2D eigenvalue weighted by atomic mass is 16.5. The van der Waals surface area contributed by atoms with E-state index in [-0.39, 0.29) is 0 Å². The molecule has 0 unspecified atom stereocenters. The highest BCUT2D eigenvalue weighted by Crippen LogP contribution is 2.32. The number of fused-ring (bicyclic) bond motifs is 1. The van der Waals surface area contributed by atoms with Crippen LogP contribution in [0.25, 0.3) is 16.9 Å². The number of hydrogen-bond donors (Lipinski definition) is 1. The molecule has 24 heavy (non-hydrogen) atoms. The van der Waals surface area contributed by atoms with Crippen LogP contribution in [0.5, 0.6) is 11.5 Å². The van der Waals surface area contributed by atoms with Gasteiger partial charge in [0.2, 0.25) is 0 Å². The van der Waals surface area contributed by atoms with Crippen LogP contribution in [0.3, 0.4) is 0 Å². The van der Waals surface area contributed by atoms with Gasteiger partial charge in [-0.25, -0.2) is 0 Å². The summed E-state index contributed by atoms with van der Waals surface area (Å²) in [6.45, 7) is 1.91. The fraction of sp³-hybridized carbons (Fsp3) is 0.353. The molecule has 0 amide bonds. The molecule has 1 fully saturated rings. The molecule has 124 valence electrons. The Bertz CT molecular complexity index is 871. The minimum Gasteiger partial charge on any atom is -0.497 e. The number of benzene rings is 1. The van der Waals surface area contributed by atoms with E-state index >= 15 is 0 Å². The van der Waals surface area contributed by atoms with Crippen molar-refractivity contribution in [1.82, 2.24) is 25.1 Å². The van der Waals surface area contributed by atoms with Gasteiger partial charge < -0.3 is 14.8 Å². The summed E-state index contributed by atoms with van der Waals surface area (Å²) in [5, 5.41) is 16.7. The molecular formula is C17H19N5O2. The number of rotatable bonds is 4. The SMILES string of the molecule is COc1ccc(OC)c(-c2ccc3nnc([C@H]4CCNC4)n3n2)c1. The van der Waals surface area contributed by atoms with Crippen LogP contribution < -0.4 is 14.8 Å². The third-order valence-electron chi connectivity index (χ3n) is 4.39. The van der Waals surface area contributed by atoms with Gasteiger partial charge in [0.1, 0.15) is 11.5 Å². The van der Waals surface area contributed by atoms with E-state index in [1.165, 1.54) is 0 Å². The van der Waals surface area contributed by atoms with E-state index in [1.54, 1.807) is 14.2 Å². The number of methoxy groups -OCH3 is 2. The maximum atomic E-state index is 5.48. The van der Waals surface area contributed by atoms with E-state index < -0.39 is 0 Å². The summed E-state index contributed by atoms with van der Waals surface area (Å²) in [6.07, 6.45) is 1.05. The molecule has 1 atom stereocenters. The van der Waals surface area contributed by atoms with Gasteiger partial charge in [-0.3, -0.25) is 0 Å². The normalized spacial score (nSPS) is 17.3. The first-order valence-corrected chi connectivity index (χ1v) is 7.95. The first kappa shape index (κ1) is 14.9. The Labute approximate surface area is 139 Å². The summed E-state index contributed by atoms with van der Waals surface area (Å²) < 4.78 is 12.6. The summed E-state index contributed by atoms with van der Waals surface area (Å²) >= 11 is 0. The van der Waals surface area contributed by atoms with Crippen molar-refractivity contribution in [3.05, 3.63) is 36.2 Å². The van der Waals surface area contributed by atoms with Crippen molar-refractivity contribution in [3.8, 4) is 22.8 Å². The lowest BCUT2D eigenvalue weighted by molar-refractivity contribution is 0.404. The number of nitrogens with zero attached hydrogens (tertiary/aromatic N) is 4. The summed E-state index contributed by atoms with van der Waals surface area (Å²) in [7, 11) is 3.30. The number of hydrogen-bond acceptors (Lipinski definition) is 6. The molecule has 0 aliphatic carbocycles. The zero-order valence-corrected chi connectivity index (χ0v) is 13.7. The summed E-state index contributed by atoms with van der Waals surface area (Å²) in [5.41, 5.74) is 2.43. The van der Waals surface area contributed by atoms with E-state index in [9.17, 15) is 0 Å². The van der Waals surface area contributed by atoms with E-state index in [1.807, 2.05) is 34.8 Å². The molecule has 3 aromatic rings. The molecule has 7 nitrogen and oxygen atoms in total. The Balaban J connectivity index is 1.84. The van der Waals surface area contributed by atoms with Gasteiger partial charge >= 0.3 is 0 Å². The lowest BCUT2D eigenvalue weighted by Gasteiger charge is -2.11. The second-order valence-corrected chi connectivity index (χ2v) is 5.80. The maximum Gasteiger partial charge on any atom is 0.177 e. The molecule has 4 rings (SSSR count). The van der Waals surface area contributed by atoms with E-state index in [2.05, 4.69) is 15.5 Å². The van der Waals surface area contributed by atoms with Gasteiger partial charge in [0.25, 0.3) is 0 Å². The van der Waals surface area contributed by atoms with Crippen LogP contribution >= 0.6 is 0 Å². The van der Waals surface area contributed by atoms with Crippen molar-refractivity contribution in [2.45, 2.75) is 12.3 Å². The van der Waals surface area contributed by atoms with Crippen LogP contribution in [0.2, 0.25) is 0 Å². The van der Waals surface area contributed by atoms with Crippen molar-refractivity contribution >= 4 is 5.65 Å². The molecule has 1 aliphatic heterocycles. The van der Waals surface area contributed by atoms with E-state index in [0.717, 1.165) is 53.7 Å². The van der Waals surface area contributed by atoms with Gasteiger partial charge in [-0.1, -0.05) is 0 Å². The molecule has 0 radical (unpaired) electrons. The Kier molecular flexibility index (Phi) is 3.78. The van der Waals surface area contributed by atoms with Crippen LogP contribution in [0.1, 0.15) is 18.2 Å². The Morgan fingerprint density at radius 3 is 2.79 bits per heavy atom.